The smallest absolute Gasteiger partial charge is 0.328 e. The molecule has 0 aromatic rings. The van der Waals surface area contributed by atoms with Gasteiger partial charge in [0.25, 0.3) is 0 Å². The molecule has 29 heavy (non-hydrogen) atoms. The fraction of sp³-hybridized carbons (Fsp3) is 0.600. The number of aliphatic carboxylic acids is 1. The van der Waals surface area contributed by atoms with Crippen LogP contribution in [0.3, 0.4) is 0 Å². The Morgan fingerprint density at radius 1 is 0.828 bits per heavy atom. The van der Waals surface area contributed by atoms with E-state index in [1.165, 1.54) is 0 Å². The fourth-order valence-corrected chi connectivity index (χ4v) is 1.99. The second-order valence-corrected chi connectivity index (χ2v) is 6.04. The average molecular weight is 418 g/mol. The number of carboxylic acid groups (broad SMARTS) is 1. The van der Waals surface area contributed by atoms with Gasteiger partial charge >= 0.3 is 5.97 Å². The van der Waals surface area contributed by atoms with Gasteiger partial charge in [-0.3, -0.25) is 24.0 Å². The minimum atomic E-state index is -1.61. The predicted octanol–water partition coefficient (Wildman–Crippen LogP) is -4.99. The molecule has 0 aromatic heterocycles. The van der Waals surface area contributed by atoms with E-state index in [2.05, 4.69) is 10.6 Å². The summed E-state index contributed by atoms with van der Waals surface area (Å²) in [7, 11) is 0. The van der Waals surface area contributed by atoms with Crippen molar-refractivity contribution in [2.75, 3.05) is 13.2 Å². The van der Waals surface area contributed by atoms with E-state index in [4.69, 9.17) is 27.4 Å². The summed E-state index contributed by atoms with van der Waals surface area (Å²) in [5.74, 6) is -5.44. The molecule has 0 bridgehead atoms. The maximum Gasteiger partial charge on any atom is 0.328 e. The summed E-state index contributed by atoms with van der Waals surface area (Å²) in [6.45, 7) is -1.47. The van der Waals surface area contributed by atoms with Crippen LogP contribution in [-0.2, 0) is 28.8 Å². The van der Waals surface area contributed by atoms with E-state index in [0.29, 0.717) is 0 Å². The minimum absolute atomic E-state index is 0.0236. The lowest BCUT2D eigenvalue weighted by Gasteiger charge is -2.20. The normalized spacial score (nSPS) is 13.4. The van der Waals surface area contributed by atoms with Gasteiger partial charge in [0.05, 0.1) is 19.2 Å². The van der Waals surface area contributed by atoms with Crippen molar-refractivity contribution in [2.24, 2.45) is 17.2 Å². The van der Waals surface area contributed by atoms with Gasteiger partial charge in [-0.05, 0) is 12.8 Å². The molecule has 0 radical (unpaired) electrons. The highest BCUT2D eigenvalue weighted by molar-refractivity contribution is 5.93. The first-order valence-corrected chi connectivity index (χ1v) is 8.51. The van der Waals surface area contributed by atoms with Gasteiger partial charge in [0.2, 0.25) is 29.5 Å². The first kappa shape index (κ1) is 25.7. The maximum atomic E-state index is 12.2. The summed E-state index contributed by atoms with van der Waals surface area (Å²) in [5.41, 5.74) is 15.5. The highest BCUT2D eigenvalue weighted by atomic mass is 16.4. The highest BCUT2D eigenvalue weighted by Gasteiger charge is 2.26. The van der Waals surface area contributed by atoms with Crippen LogP contribution < -0.4 is 33.2 Å². The van der Waals surface area contributed by atoms with Crippen LogP contribution in [0.25, 0.3) is 0 Å². The van der Waals surface area contributed by atoms with Gasteiger partial charge in [-0.2, -0.15) is 0 Å². The van der Waals surface area contributed by atoms with E-state index < -0.39 is 66.8 Å². The van der Waals surface area contributed by atoms with E-state index in [9.17, 15) is 28.8 Å². The maximum absolute atomic E-state index is 12.2. The Bertz CT molecular complexity index is 640. The summed E-state index contributed by atoms with van der Waals surface area (Å²) >= 11 is 0. The molecule has 0 spiro atoms. The molecule has 11 N–H and O–H groups in total. The van der Waals surface area contributed by atoms with Crippen molar-refractivity contribution in [3.8, 4) is 0 Å². The summed E-state index contributed by atoms with van der Waals surface area (Å²) in [4.78, 5) is 68.4. The van der Waals surface area contributed by atoms with Crippen molar-refractivity contribution in [1.29, 1.82) is 0 Å². The average Bonchev–Trinajstić information content (AvgIpc) is 2.64. The number of hydrogen-bond donors (Lipinski definition) is 8. The number of primary amides is 2. The van der Waals surface area contributed by atoms with Crippen molar-refractivity contribution < 1.29 is 39.0 Å². The molecule has 0 saturated carbocycles. The Kier molecular flexibility index (Phi) is 11.5. The molecule has 0 aliphatic carbocycles. The lowest BCUT2D eigenvalue weighted by molar-refractivity contribution is -0.143. The number of aliphatic hydroxyl groups excluding tert-OH is 1. The molecule has 3 unspecified atom stereocenters. The molecule has 0 saturated heterocycles. The molecule has 14 heteroatoms. The number of nitrogens with one attached hydrogen (secondary N) is 3. The second-order valence-electron chi connectivity index (χ2n) is 6.04. The Morgan fingerprint density at radius 3 is 1.86 bits per heavy atom. The fourth-order valence-electron chi connectivity index (χ4n) is 1.99. The highest BCUT2D eigenvalue weighted by Crippen LogP contribution is 1.99. The Balaban J connectivity index is 4.79. The van der Waals surface area contributed by atoms with Crippen molar-refractivity contribution in [2.45, 2.75) is 43.8 Å². The van der Waals surface area contributed by atoms with Crippen molar-refractivity contribution in [1.82, 2.24) is 16.0 Å². The number of aliphatic hydroxyl groups is 1. The third-order valence-corrected chi connectivity index (χ3v) is 3.59. The topological polar surface area (TPSA) is 257 Å². The molecule has 0 aliphatic heterocycles. The van der Waals surface area contributed by atoms with Gasteiger partial charge in [0, 0.05) is 12.8 Å². The Morgan fingerprint density at radius 2 is 1.38 bits per heavy atom. The number of carbonyl (C=O) groups excluding carboxylic acids is 5. The van der Waals surface area contributed by atoms with E-state index >= 15 is 0 Å². The monoisotopic (exact) mass is 418 g/mol. The first-order valence-electron chi connectivity index (χ1n) is 8.51. The van der Waals surface area contributed by atoms with Crippen LogP contribution in [0.5, 0.6) is 0 Å². The van der Waals surface area contributed by atoms with Crippen LogP contribution in [0.1, 0.15) is 25.7 Å². The minimum Gasteiger partial charge on any atom is -0.480 e. The third-order valence-electron chi connectivity index (χ3n) is 3.59. The van der Waals surface area contributed by atoms with Crippen molar-refractivity contribution >= 4 is 35.5 Å². The lowest BCUT2D eigenvalue weighted by atomic mass is 10.1. The summed E-state index contributed by atoms with van der Waals surface area (Å²) < 4.78 is 0. The molecule has 3 atom stereocenters. The van der Waals surface area contributed by atoms with Crippen LogP contribution in [-0.4, -0.2) is 77.0 Å². The van der Waals surface area contributed by atoms with Gasteiger partial charge in [0.1, 0.15) is 12.1 Å². The summed E-state index contributed by atoms with van der Waals surface area (Å²) in [6, 6.07) is -4.03. The number of rotatable bonds is 14. The molecule has 14 nitrogen and oxygen atoms in total. The molecular formula is C15H26N6O8. The van der Waals surface area contributed by atoms with Gasteiger partial charge in [-0.1, -0.05) is 0 Å². The zero-order valence-electron chi connectivity index (χ0n) is 15.6. The lowest BCUT2D eigenvalue weighted by Crippen LogP contribution is -2.54. The van der Waals surface area contributed by atoms with Crippen LogP contribution in [0.2, 0.25) is 0 Å². The summed E-state index contributed by atoms with van der Waals surface area (Å²) in [6.07, 6.45) is -0.674. The van der Waals surface area contributed by atoms with Crippen molar-refractivity contribution in [3.05, 3.63) is 0 Å². The second kappa shape index (κ2) is 13.0. The molecule has 5 amide bonds. The number of amides is 5. The van der Waals surface area contributed by atoms with Crippen LogP contribution in [0, 0.1) is 0 Å². The van der Waals surface area contributed by atoms with Gasteiger partial charge in [-0.25, -0.2) is 4.79 Å². The molecule has 0 fully saturated rings. The first-order chi connectivity index (χ1) is 13.5. The summed E-state index contributed by atoms with van der Waals surface area (Å²) in [5, 5.41) is 24.2. The number of carbonyl (C=O) groups is 6. The number of hydrogen-bond acceptors (Lipinski definition) is 8. The van der Waals surface area contributed by atoms with Gasteiger partial charge in [0.15, 0.2) is 0 Å². The Labute approximate surface area is 165 Å². The third kappa shape index (κ3) is 11.2. The largest absolute Gasteiger partial charge is 0.480 e. The quantitative estimate of drug-likeness (QED) is 0.134. The van der Waals surface area contributed by atoms with Gasteiger partial charge in [-0.15, -0.1) is 0 Å². The zero-order valence-corrected chi connectivity index (χ0v) is 15.6. The van der Waals surface area contributed by atoms with E-state index in [-0.39, 0.29) is 25.7 Å². The van der Waals surface area contributed by atoms with E-state index in [0.717, 1.165) is 0 Å². The number of nitrogens with two attached hydrogens (primary N) is 3. The predicted molar refractivity (Wildman–Crippen MR) is 96.4 cm³/mol. The van der Waals surface area contributed by atoms with Gasteiger partial charge < -0.3 is 43.4 Å². The molecule has 0 heterocycles. The van der Waals surface area contributed by atoms with Crippen LogP contribution >= 0.6 is 0 Å². The molecular weight excluding hydrogens is 392 g/mol. The molecule has 0 rings (SSSR count). The standard InChI is InChI=1S/C15H26N6O8/c16-7(1-3-10(17)23)13(26)19-5-12(25)20-8(2-4-11(18)24)14(27)21-9(6-22)15(28)29/h7-9,22H,1-6,16H2,(H2,17,23)(H2,18,24)(H,19,26)(H,20,25)(H,21,27)(H,28,29). The SMILES string of the molecule is NC(=O)CCC(N)C(=O)NCC(=O)NC(CCC(N)=O)C(=O)NC(CO)C(=O)O. The van der Waals surface area contributed by atoms with Crippen molar-refractivity contribution in [3.63, 3.8) is 0 Å². The molecule has 0 aromatic carbocycles. The molecule has 0 aliphatic rings. The Hall–Kier alpha value is -3.26. The van der Waals surface area contributed by atoms with E-state index in [1.807, 2.05) is 5.32 Å². The van der Waals surface area contributed by atoms with Crippen LogP contribution in [0.15, 0.2) is 0 Å². The van der Waals surface area contributed by atoms with E-state index in [1.54, 1.807) is 0 Å². The number of carboxylic acids is 1. The van der Waals surface area contributed by atoms with Crippen LogP contribution in [0.4, 0.5) is 0 Å². The molecule has 164 valence electrons. The zero-order chi connectivity index (χ0) is 22.6.